The highest BCUT2D eigenvalue weighted by molar-refractivity contribution is 5.63. The molecule has 0 aliphatic rings. The lowest BCUT2D eigenvalue weighted by Gasteiger charge is -2.12. The molecule has 4 heteroatoms. The van der Waals surface area contributed by atoms with Crippen molar-refractivity contribution < 1.29 is 14.3 Å². The SMILES string of the molecule is CCCCCCCCOC(C)CCOC([NH])=O. The summed E-state index contributed by atoms with van der Waals surface area (Å²) in [6, 6.07) is 0. The average Bonchev–Trinajstić information content (AvgIpc) is 2.27. The van der Waals surface area contributed by atoms with Gasteiger partial charge < -0.3 is 9.47 Å². The summed E-state index contributed by atoms with van der Waals surface area (Å²) in [7, 11) is 0. The maximum absolute atomic E-state index is 10.2. The van der Waals surface area contributed by atoms with E-state index in [1.54, 1.807) is 0 Å². The van der Waals surface area contributed by atoms with Crippen LogP contribution in [-0.2, 0) is 9.47 Å². The third-order valence-electron chi connectivity index (χ3n) is 2.66. The minimum atomic E-state index is -0.965. The molecule has 0 bridgehead atoms. The van der Waals surface area contributed by atoms with E-state index < -0.39 is 6.09 Å². The van der Waals surface area contributed by atoms with Gasteiger partial charge in [-0.3, -0.25) is 0 Å². The van der Waals surface area contributed by atoms with E-state index in [9.17, 15) is 4.79 Å². The Morgan fingerprint density at radius 1 is 1.12 bits per heavy atom. The fourth-order valence-corrected chi connectivity index (χ4v) is 1.57. The van der Waals surface area contributed by atoms with Crippen LogP contribution in [0.4, 0.5) is 4.79 Å². The molecule has 0 aliphatic carbocycles. The Bertz CT molecular complexity index is 186. The second kappa shape index (κ2) is 11.7. The maximum Gasteiger partial charge on any atom is 0.426 e. The van der Waals surface area contributed by atoms with E-state index in [2.05, 4.69) is 11.7 Å². The highest BCUT2D eigenvalue weighted by Crippen LogP contribution is 2.06. The third kappa shape index (κ3) is 13.2. The first-order chi connectivity index (χ1) is 8.16. The fourth-order valence-electron chi connectivity index (χ4n) is 1.57. The Kier molecular flexibility index (Phi) is 11.2. The zero-order valence-electron chi connectivity index (χ0n) is 11.2. The van der Waals surface area contributed by atoms with Crippen molar-refractivity contribution in [3.05, 3.63) is 0 Å². The van der Waals surface area contributed by atoms with Crippen molar-refractivity contribution in [3.8, 4) is 0 Å². The van der Waals surface area contributed by atoms with Gasteiger partial charge in [0.15, 0.2) is 0 Å². The molecule has 0 aromatic rings. The topological polar surface area (TPSA) is 59.3 Å². The van der Waals surface area contributed by atoms with E-state index in [0.717, 1.165) is 13.0 Å². The molecule has 0 aromatic heterocycles. The predicted octanol–water partition coefficient (Wildman–Crippen LogP) is 3.56. The Morgan fingerprint density at radius 3 is 2.41 bits per heavy atom. The van der Waals surface area contributed by atoms with Crippen LogP contribution in [0.1, 0.15) is 58.8 Å². The van der Waals surface area contributed by atoms with Crippen LogP contribution in [-0.4, -0.2) is 25.4 Å². The number of carbonyl (C=O) groups is 1. The Balaban J connectivity index is 3.16. The molecule has 0 fully saturated rings. The third-order valence-corrected chi connectivity index (χ3v) is 2.66. The molecule has 1 N–H and O–H groups in total. The van der Waals surface area contributed by atoms with E-state index in [1.807, 2.05) is 6.92 Å². The van der Waals surface area contributed by atoms with Crippen LogP contribution in [0.25, 0.3) is 0 Å². The summed E-state index contributed by atoms with van der Waals surface area (Å²) in [5.41, 5.74) is 6.57. The van der Waals surface area contributed by atoms with Crippen molar-refractivity contribution in [2.75, 3.05) is 13.2 Å². The summed E-state index contributed by atoms with van der Waals surface area (Å²) in [6.45, 7) is 5.24. The highest BCUT2D eigenvalue weighted by atomic mass is 16.5. The number of amides is 1. The van der Waals surface area contributed by atoms with Crippen LogP contribution in [0, 0.1) is 0 Å². The van der Waals surface area contributed by atoms with E-state index in [0.29, 0.717) is 6.42 Å². The lowest BCUT2D eigenvalue weighted by atomic mass is 10.1. The summed E-state index contributed by atoms with van der Waals surface area (Å²) >= 11 is 0. The molecule has 1 unspecified atom stereocenters. The van der Waals surface area contributed by atoms with Crippen molar-refractivity contribution in [3.63, 3.8) is 0 Å². The van der Waals surface area contributed by atoms with Crippen molar-refractivity contribution in [1.29, 1.82) is 0 Å². The molecule has 0 spiro atoms. The number of unbranched alkanes of at least 4 members (excludes halogenated alkanes) is 5. The first-order valence-electron chi connectivity index (χ1n) is 6.66. The molecule has 0 rings (SSSR count). The van der Waals surface area contributed by atoms with Crippen molar-refractivity contribution in [2.45, 2.75) is 64.9 Å². The number of hydrogen-bond donors (Lipinski definition) is 0. The van der Waals surface area contributed by atoms with Crippen LogP contribution in [0.2, 0.25) is 0 Å². The molecule has 0 aliphatic heterocycles. The first-order valence-corrected chi connectivity index (χ1v) is 6.66. The van der Waals surface area contributed by atoms with Crippen LogP contribution < -0.4 is 5.73 Å². The molecule has 17 heavy (non-hydrogen) atoms. The monoisotopic (exact) mass is 244 g/mol. The van der Waals surface area contributed by atoms with E-state index >= 15 is 0 Å². The van der Waals surface area contributed by atoms with Gasteiger partial charge in [-0.25, -0.2) is 10.5 Å². The molecule has 1 radical (unpaired) electrons. The molecule has 0 saturated carbocycles. The van der Waals surface area contributed by atoms with Gasteiger partial charge in [-0.1, -0.05) is 39.0 Å². The Labute approximate surface area is 105 Å². The van der Waals surface area contributed by atoms with Gasteiger partial charge in [0.2, 0.25) is 0 Å². The lowest BCUT2D eigenvalue weighted by molar-refractivity contribution is 0.0420. The number of hydrogen-bond acceptors (Lipinski definition) is 3. The molecule has 0 heterocycles. The van der Waals surface area contributed by atoms with Crippen LogP contribution >= 0.6 is 0 Å². The highest BCUT2D eigenvalue weighted by Gasteiger charge is 2.03. The molecule has 1 atom stereocenters. The number of nitrogens with one attached hydrogen (secondary N) is 1. The van der Waals surface area contributed by atoms with Gasteiger partial charge in [-0.2, -0.15) is 0 Å². The molecule has 0 saturated heterocycles. The maximum atomic E-state index is 10.2. The number of ether oxygens (including phenoxy) is 2. The fraction of sp³-hybridized carbons (Fsp3) is 0.923. The van der Waals surface area contributed by atoms with Crippen LogP contribution in [0.15, 0.2) is 0 Å². The smallest absolute Gasteiger partial charge is 0.426 e. The summed E-state index contributed by atoms with van der Waals surface area (Å²) in [5, 5.41) is 0. The molecule has 0 aromatic carbocycles. The molecule has 101 valence electrons. The van der Waals surface area contributed by atoms with Gasteiger partial charge in [0.1, 0.15) is 0 Å². The van der Waals surface area contributed by atoms with Gasteiger partial charge in [-0.05, 0) is 13.3 Å². The van der Waals surface area contributed by atoms with Crippen molar-refractivity contribution in [2.24, 2.45) is 0 Å². The number of rotatable bonds is 11. The van der Waals surface area contributed by atoms with Gasteiger partial charge in [0, 0.05) is 13.0 Å². The van der Waals surface area contributed by atoms with Crippen molar-refractivity contribution in [1.82, 2.24) is 5.73 Å². The zero-order valence-corrected chi connectivity index (χ0v) is 11.2. The normalized spacial score (nSPS) is 12.4. The van der Waals surface area contributed by atoms with Crippen molar-refractivity contribution >= 4 is 6.09 Å². The number of carbonyl (C=O) groups excluding carboxylic acids is 1. The lowest BCUT2D eigenvalue weighted by Crippen LogP contribution is -2.14. The summed E-state index contributed by atoms with van der Waals surface area (Å²) < 4.78 is 10.1. The van der Waals surface area contributed by atoms with Gasteiger partial charge in [-0.15, -0.1) is 0 Å². The van der Waals surface area contributed by atoms with Crippen LogP contribution in [0.5, 0.6) is 0 Å². The summed E-state index contributed by atoms with van der Waals surface area (Å²) in [6.07, 6.45) is 7.37. The van der Waals surface area contributed by atoms with Gasteiger partial charge in [0.25, 0.3) is 0 Å². The quantitative estimate of drug-likeness (QED) is 0.522. The van der Waals surface area contributed by atoms with Gasteiger partial charge >= 0.3 is 6.09 Å². The molecule has 1 amide bonds. The molecular formula is C13H26NO3. The standard InChI is InChI=1S/C13H26NO3/c1-3-4-5-6-7-8-10-16-12(2)9-11-17-13(14)15/h12,14H,3-11H2,1-2H3. The Morgan fingerprint density at radius 2 is 1.76 bits per heavy atom. The largest absolute Gasteiger partial charge is 0.448 e. The molecular weight excluding hydrogens is 218 g/mol. The van der Waals surface area contributed by atoms with E-state index in [4.69, 9.17) is 10.5 Å². The zero-order chi connectivity index (χ0) is 12.9. The average molecular weight is 244 g/mol. The Hall–Kier alpha value is -0.770. The minimum absolute atomic E-state index is 0.102. The minimum Gasteiger partial charge on any atom is -0.448 e. The van der Waals surface area contributed by atoms with E-state index in [1.165, 1.54) is 32.1 Å². The first kappa shape index (κ1) is 16.2. The predicted molar refractivity (Wildman–Crippen MR) is 67.9 cm³/mol. The van der Waals surface area contributed by atoms with Gasteiger partial charge in [0.05, 0.1) is 12.7 Å². The summed E-state index contributed by atoms with van der Waals surface area (Å²) in [4.78, 5) is 10.2. The van der Waals surface area contributed by atoms with E-state index in [-0.39, 0.29) is 12.7 Å². The summed E-state index contributed by atoms with van der Waals surface area (Å²) in [5.74, 6) is 0. The second-order valence-electron chi connectivity index (χ2n) is 4.37. The van der Waals surface area contributed by atoms with Crippen LogP contribution in [0.3, 0.4) is 0 Å². The second-order valence-corrected chi connectivity index (χ2v) is 4.37. The molecule has 4 nitrogen and oxygen atoms in total.